The van der Waals surface area contributed by atoms with Gasteiger partial charge < -0.3 is 19.3 Å². The van der Waals surface area contributed by atoms with Gasteiger partial charge in [-0.3, -0.25) is 9.59 Å². The van der Waals surface area contributed by atoms with Crippen LogP contribution in [0.4, 0.5) is 0 Å². The van der Waals surface area contributed by atoms with Crippen molar-refractivity contribution in [3.63, 3.8) is 0 Å². The molecule has 1 amide bonds. The highest BCUT2D eigenvalue weighted by molar-refractivity contribution is 5.94. The van der Waals surface area contributed by atoms with E-state index in [0.29, 0.717) is 34.1 Å². The van der Waals surface area contributed by atoms with Gasteiger partial charge in [0.05, 0.1) is 13.7 Å². The fraction of sp³-hybridized carbons (Fsp3) is 0.190. The summed E-state index contributed by atoms with van der Waals surface area (Å²) in [6, 6.07) is 15.4. The summed E-state index contributed by atoms with van der Waals surface area (Å²) in [5, 5.41) is 6.70. The summed E-state index contributed by atoms with van der Waals surface area (Å²) < 4.78 is 15.9. The largest absolute Gasteiger partial charge is 0.497 e. The van der Waals surface area contributed by atoms with E-state index < -0.39 is 0 Å². The number of ether oxygens (including phenoxy) is 2. The van der Waals surface area contributed by atoms with Crippen LogP contribution in [0, 0.1) is 0 Å². The van der Waals surface area contributed by atoms with Crippen LogP contribution in [0.25, 0.3) is 0 Å². The van der Waals surface area contributed by atoms with Crippen molar-refractivity contribution in [2.75, 3.05) is 7.11 Å². The second-order valence-electron chi connectivity index (χ2n) is 6.06. The van der Waals surface area contributed by atoms with E-state index in [1.807, 2.05) is 0 Å². The van der Waals surface area contributed by atoms with E-state index in [1.165, 1.54) is 6.92 Å². The molecule has 1 aromatic heterocycles. The number of carbonyl (C=O) groups excluding carboxylic acids is 2. The van der Waals surface area contributed by atoms with Crippen LogP contribution in [-0.4, -0.2) is 24.0 Å². The summed E-state index contributed by atoms with van der Waals surface area (Å²) >= 11 is 0. The van der Waals surface area contributed by atoms with Crippen molar-refractivity contribution in [2.24, 2.45) is 0 Å². The lowest BCUT2D eigenvalue weighted by Crippen LogP contribution is -2.22. The van der Waals surface area contributed by atoms with Gasteiger partial charge in [0.2, 0.25) is 0 Å². The SMILES string of the molecule is COc1ccc(C(=O)NCc2cc(COc3ccc(C(C)=O)cc3)no2)cc1. The quantitative estimate of drug-likeness (QED) is 0.603. The van der Waals surface area contributed by atoms with Crippen molar-refractivity contribution in [1.82, 2.24) is 10.5 Å². The maximum Gasteiger partial charge on any atom is 0.251 e. The van der Waals surface area contributed by atoms with Crippen molar-refractivity contribution in [1.29, 1.82) is 0 Å². The lowest BCUT2D eigenvalue weighted by Gasteiger charge is -2.04. The van der Waals surface area contributed by atoms with Crippen LogP contribution in [0.5, 0.6) is 11.5 Å². The maximum absolute atomic E-state index is 12.1. The van der Waals surface area contributed by atoms with Gasteiger partial charge in [-0.1, -0.05) is 5.16 Å². The number of carbonyl (C=O) groups is 2. The van der Waals surface area contributed by atoms with Gasteiger partial charge in [0, 0.05) is 17.2 Å². The summed E-state index contributed by atoms with van der Waals surface area (Å²) in [5.41, 5.74) is 1.76. The lowest BCUT2D eigenvalue weighted by molar-refractivity contribution is 0.0946. The minimum Gasteiger partial charge on any atom is -0.497 e. The molecule has 1 N–H and O–H groups in total. The Morgan fingerprint density at radius 1 is 1.00 bits per heavy atom. The average Bonchev–Trinajstić information content (AvgIpc) is 3.18. The molecule has 144 valence electrons. The Labute approximate surface area is 162 Å². The monoisotopic (exact) mass is 380 g/mol. The van der Waals surface area contributed by atoms with Crippen molar-refractivity contribution in [2.45, 2.75) is 20.1 Å². The number of methoxy groups -OCH3 is 1. The second kappa shape index (κ2) is 8.85. The van der Waals surface area contributed by atoms with Crippen LogP contribution in [-0.2, 0) is 13.2 Å². The molecule has 28 heavy (non-hydrogen) atoms. The molecule has 0 spiro atoms. The summed E-state index contributed by atoms with van der Waals surface area (Å²) in [6.45, 7) is 1.95. The highest BCUT2D eigenvalue weighted by Gasteiger charge is 2.09. The first-order chi connectivity index (χ1) is 13.5. The van der Waals surface area contributed by atoms with E-state index >= 15 is 0 Å². The van der Waals surface area contributed by atoms with Crippen LogP contribution >= 0.6 is 0 Å². The van der Waals surface area contributed by atoms with E-state index in [4.69, 9.17) is 14.0 Å². The van der Waals surface area contributed by atoms with Crippen LogP contribution in [0.1, 0.15) is 39.1 Å². The topological polar surface area (TPSA) is 90.7 Å². The van der Waals surface area contributed by atoms with Gasteiger partial charge >= 0.3 is 0 Å². The standard InChI is InChI=1S/C21H20N2O5/c1-14(24)15-3-9-19(10-4-15)27-13-17-11-20(28-23-17)12-22-21(25)16-5-7-18(26-2)8-6-16/h3-11H,12-13H2,1-2H3,(H,22,25). The fourth-order valence-corrected chi connectivity index (χ4v) is 2.46. The summed E-state index contributed by atoms with van der Waals surface area (Å²) in [7, 11) is 1.57. The van der Waals surface area contributed by atoms with Gasteiger partial charge in [-0.25, -0.2) is 0 Å². The smallest absolute Gasteiger partial charge is 0.251 e. The number of nitrogens with zero attached hydrogens (tertiary/aromatic N) is 1. The molecule has 1 heterocycles. The van der Waals surface area contributed by atoms with Gasteiger partial charge in [-0.2, -0.15) is 0 Å². The Morgan fingerprint density at radius 2 is 1.64 bits per heavy atom. The molecule has 0 saturated carbocycles. The maximum atomic E-state index is 12.1. The highest BCUT2D eigenvalue weighted by atomic mass is 16.5. The highest BCUT2D eigenvalue weighted by Crippen LogP contribution is 2.15. The third-order valence-electron chi connectivity index (χ3n) is 4.03. The van der Waals surface area contributed by atoms with E-state index in [-0.39, 0.29) is 24.8 Å². The normalized spacial score (nSPS) is 10.4. The molecule has 0 bridgehead atoms. The zero-order valence-corrected chi connectivity index (χ0v) is 15.6. The molecule has 0 radical (unpaired) electrons. The zero-order chi connectivity index (χ0) is 19.9. The van der Waals surface area contributed by atoms with Gasteiger partial charge in [0.1, 0.15) is 23.8 Å². The first kappa shape index (κ1) is 19.2. The van der Waals surface area contributed by atoms with E-state index in [0.717, 1.165) is 0 Å². The predicted molar refractivity (Wildman–Crippen MR) is 101 cm³/mol. The number of ketones is 1. The van der Waals surface area contributed by atoms with E-state index in [2.05, 4.69) is 10.5 Å². The number of amides is 1. The molecule has 0 fully saturated rings. The molecule has 0 unspecified atom stereocenters. The van der Waals surface area contributed by atoms with Crippen molar-refractivity contribution < 1.29 is 23.6 Å². The Bertz CT molecular complexity index is 946. The molecule has 3 rings (SSSR count). The third kappa shape index (κ3) is 4.97. The number of aromatic nitrogens is 1. The Kier molecular flexibility index (Phi) is 6.06. The molecule has 7 heteroatoms. The molecular weight excluding hydrogens is 360 g/mol. The minimum absolute atomic E-state index is 0.00406. The van der Waals surface area contributed by atoms with Crippen LogP contribution < -0.4 is 14.8 Å². The van der Waals surface area contributed by atoms with Gasteiger partial charge in [0.25, 0.3) is 5.91 Å². The Hall–Kier alpha value is -3.61. The molecule has 0 atom stereocenters. The third-order valence-corrected chi connectivity index (χ3v) is 4.03. The van der Waals surface area contributed by atoms with Crippen molar-refractivity contribution in [3.8, 4) is 11.5 Å². The van der Waals surface area contributed by atoms with Crippen LogP contribution in [0.3, 0.4) is 0 Å². The van der Waals surface area contributed by atoms with Crippen LogP contribution in [0.2, 0.25) is 0 Å². The predicted octanol–water partition coefficient (Wildman–Crippen LogP) is 3.39. The number of nitrogens with one attached hydrogen (secondary N) is 1. The second-order valence-corrected chi connectivity index (χ2v) is 6.06. The number of hydrogen-bond donors (Lipinski definition) is 1. The number of Topliss-reactive ketones (excluding diaryl/α,β-unsaturated/α-hetero) is 1. The van der Waals surface area contributed by atoms with Crippen molar-refractivity contribution in [3.05, 3.63) is 77.2 Å². The Morgan fingerprint density at radius 3 is 2.29 bits per heavy atom. The van der Waals surface area contributed by atoms with E-state index in [1.54, 1.807) is 61.7 Å². The number of hydrogen-bond acceptors (Lipinski definition) is 6. The molecule has 7 nitrogen and oxygen atoms in total. The van der Waals surface area contributed by atoms with Crippen molar-refractivity contribution >= 4 is 11.7 Å². The molecule has 0 saturated heterocycles. The summed E-state index contributed by atoms with van der Waals surface area (Å²) in [6.07, 6.45) is 0. The first-order valence-electron chi connectivity index (χ1n) is 8.65. The number of benzene rings is 2. The molecule has 2 aromatic carbocycles. The summed E-state index contributed by atoms with van der Waals surface area (Å²) in [5.74, 6) is 1.62. The summed E-state index contributed by atoms with van der Waals surface area (Å²) in [4.78, 5) is 23.4. The fourth-order valence-electron chi connectivity index (χ4n) is 2.46. The van der Waals surface area contributed by atoms with Gasteiger partial charge in [-0.05, 0) is 55.5 Å². The molecule has 0 aliphatic heterocycles. The molecular formula is C21H20N2O5. The molecule has 0 aliphatic carbocycles. The zero-order valence-electron chi connectivity index (χ0n) is 15.6. The van der Waals surface area contributed by atoms with Gasteiger partial charge in [0.15, 0.2) is 11.5 Å². The minimum atomic E-state index is -0.220. The Balaban J connectivity index is 1.49. The average molecular weight is 380 g/mol. The lowest BCUT2D eigenvalue weighted by atomic mass is 10.1. The molecule has 0 aliphatic rings. The van der Waals surface area contributed by atoms with E-state index in [9.17, 15) is 9.59 Å². The van der Waals surface area contributed by atoms with Crippen LogP contribution in [0.15, 0.2) is 59.1 Å². The van der Waals surface area contributed by atoms with Gasteiger partial charge in [-0.15, -0.1) is 0 Å². The number of rotatable bonds is 8. The molecule has 3 aromatic rings. The first-order valence-corrected chi connectivity index (χ1v) is 8.65.